The van der Waals surface area contributed by atoms with E-state index in [1.807, 2.05) is 66.7 Å². The molecule has 200 valence electrons. The third-order valence-corrected chi connectivity index (χ3v) is 6.72. The molecule has 3 aromatic carbocycles. The summed E-state index contributed by atoms with van der Waals surface area (Å²) < 4.78 is 11.5. The molecule has 1 heterocycles. The van der Waals surface area contributed by atoms with Crippen molar-refractivity contribution in [2.24, 2.45) is 0 Å². The van der Waals surface area contributed by atoms with Gasteiger partial charge in [0.2, 0.25) is 5.91 Å². The Hall–Kier alpha value is -4.04. The molecule has 3 N–H and O–H groups in total. The summed E-state index contributed by atoms with van der Waals surface area (Å²) in [6, 6.07) is 24.5. The van der Waals surface area contributed by atoms with Gasteiger partial charge in [-0.25, -0.2) is 4.79 Å². The lowest BCUT2D eigenvalue weighted by molar-refractivity contribution is -0.117. The summed E-state index contributed by atoms with van der Waals surface area (Å²) in [7, 11) is 1.52. The van der Waals surface area contributed by atoms with Crippen molar-refractivity contribution in [3.05, 3.63) is 90.0 Å². The Labute approximate surface area is 223 Å². The summed E-state index contributed by atoms with van der Waals surface area (Å²) >= 11 is 0. The molecular formula is C30H35N3O5. The predicted molar refractivity (Wildman–Crippen MR) is 146 cm³/mol. The van der Waals surface area contributed by atoms with Gasteiger partial charge in [-0.15, -0.1) is 0 Å². The van der Waals surface area contributed by atoms with Crippen LogP contribution in [-0.4, -0.2) is 55.3 Å². The monoisotopic (exact) mass is 517 g/mol. The first-order valence-electron chi connectivity index (χ1n) is 13.0. The van der Waals surface area contributed by atoms with Crippen molar-refractivity contribution in [1.29, 1.82) is 0 Å². The maximum Gasteiger partial charge on any atom is 0.406 e. The van der Waals surface area contributed by atoms with E-state index in [1.54, 1.807) is 6.07 Å². The number of nitrogens with one attached hydrogen (secondary N) is 2. The smallest absolute Gasteiger partial charge is 0.406 e. The lowest BCUT2D eigenvalue weighted by atomic mass is 9.89. The van der Waals surface area contributed by atoms with Gasteiger partial charge in [0.25, 0.3) is 0 Å². The topological polar surface area (TPSA) is 100 Å². The minimum absolute atomic E-state index is 0.101. The third kappa shape index (κ3) is 7.73. The number of nitrogens with zero attached hydrogens (tertiary/aromatic N) is 1. The molecule has 1 unspecified atom stereocenters. The van der Waals surface area contributed by atoms with Gasteiger partial charge in [0, 0.05) is 13.5 Å². The Morgan fingerprint density at radius 3 is 2.47 bits per heavy atom. The molecule has 2 amide bonds. The second kappa shape index (κ2) is 13.5. The summed E-state index contributed by atoms with van der Waals surface area (Å²) in [6.07, 6.45) is 1.47. The van der Waals surface area contributed by atoms with Gasteiger partial charge in [-0.05, 0) is 67.2 Å². The summed E-state index contributed by atoms with van der Waals surface area (Å²) in [5.41, 5.74) is 2.69. The molecule has 8 heteroatoms. The van der Waals surface area contributed by atoms with Gasteiger partial charge < -0.3 is 25.2 Å². The second-order valence-electron chi connectivity index (χ2n) is 9.38. The van der Waals surface area contributed by atoms with Crippen LogP contribution in [-0.2, 0) is 9.53 Å². The largest absolute Gasteiger partial charge is 0.508 e. The number of alkyl carbamates (subject to hydrolysis) is 1. The molecule has 0 bridgehead atoms. The van der Waals surface area contributed by atoms with E-state index in [2.05, 4.69) is 21.6 Å². The first kappa shape index (κ1) is 27.0. The average Bonchev–Trinajstić information content (AvgIpc) is 2.94. The van der Waals surface area contributed by atoms with Gasteiger partial charge in [0.05, 0.1) is 18.8 Å². The third-order valence-electron chi connectivity index (χ3n) is 6.72. The van der Waals surface area contributed by atoms with E-state index in [9.17, 15) is 14.7 Å². The van der Waals surface area contributed by atoms with Crippen LogP contribution < -0.4 is 15.4 Å². The first-order chi connectivity index (χ1) is 18.5. The van der Waals surface area contributed by atoms with Crippen molar-refractivity contribution in [1.82, 2.24) is 10.2 Å². The Kier molecular flexibility index (Phi) is 9.59. The van der Waals surface area contributed by atoms with Crippen molar-refractivity contribution in [3.63, 3.8) is 0 Å². The molecule has 1 aliphatic rings. The fourth-order valence-corrected chi connectivity index (χ4v) is 4.71. The molecule has 0 saturated carbocycles. The molecule has 1 saturated heterocycles. The van der Waals surface area contributed by atoms with Crippen molar-refractivity contribution in [2.45, 2.75) is 31.3 Å². The highest BCUT2D eigenvalue weighted by Crippen LogP contribution is 2.32. The van der Waals surface area contributed by atoms with E-state index >= 15 is 0 Å². The number of aromatic hydroxyl groups is 1. The molecule has 0 spiro atoms. The number of rotatable bonds is 10. The number of para-hydroxylation sites is 2. The molecule has 38 heavy (non-hydrogen) atoms. The van der Waals surface area contributed by atoms with Crippen molar-refractivity contribution in [3.8, 4) is 11.5 Å². The lowest BCUT2D eigenvalue weighted by Gasteiger charge is -2.31. The summed E-state index contributed by atoms with van der Waals surface area (Å²) in [5, 5.41) is 15.2. The van der Waals surface area contributed by atoms with E-state index in [0.717, 1.165) is 37.1 Å². The van der Waals surface area contributed by atoms with Crippen LogP contribution in [0.2, 0.25) is 0 Å². The van der Waals surface area contributed by atoms with Gasteiger partial charge in [0.15, 0.2) is 0 Å². The van der Waals surface area contributed by atoms with Gasteiger partial charge in [-0.1, -0.05) is 54.6 Å². The first-order valence-corrected chi connectivity index (χ1v) is 13.0. The quantitative estimate of drug-likeness (QED) is 0.347. The number of likely N-dealkylation sites (tertiary alicyclic amines) is 1. The number of anilines is 1. The predicted octanol–water partition coefficient (Wildman–Crippen LogP) is 5.08. The molecule has 3 aromatic rings. The molecule has 1 fully saturated rings. The number of phenolic OH excluding ortho intramolecular Hbond substituents is 1. The van der Waals surface area contributed by atoms with Crippen molar-refractivity contribution >= 4 is 17.7 Å². The molecule has 0 radical (unpaired) electrons. The Balaban J connectivity index is 1.35. The molecule has 8 nitrogen and oxygen atoms in total. The fraction of sp³-hybridized carbons (Fsp3) is 0.333. The van der Waals surface area contributed by atoms with Gasteiger partial charge in [-0.3, -0.25) is 9.69 Å². The van der Waals surface area contributed by atoms with E-state index < -0.39 is 6.09 Å². The zero-order valence-electron chi connectivity index (χ0n) is 21.6. The number of phenols is 1. The van der Waals surface area contributed by atoms with Gasteiger partial charge in [0.1, 0.15) is 17.6 Å². The SMILES string of the molecule is CNC(=O)OCCC(Oc1ccccc1NC(=O)CN1CCC(c2cccc(O)c2)CC1)c1ccccc1. The van der Waals surface area contributed by atoms with Crippen molar-refractivity contribution in [2.75, 3.05) is 38.6 Å². The number of hydrogen-bond donors (Lipinski definition) is 3. The number of carbonyl (C=O) groups is 2. The standard InChI is InChI=1S/C30H35N3O5/c1-31-30(36)37-19-16-27(23-8-3-2-4-9-23)38-28-13-6-5-12-26(28)32-29(35)21-33-17-14-22(15-18-33)24-10-7-11-25(34)20-24/h2-13,20,22,27,34H,14-19,21H2,1H3,(H,31,36)(H,32,35). The van der Waals surface area contributed by atoms with E-state index in [-0.39, 0.29) is 18.6 Å². The molecule has 0 aromatic heterocycles. The zero-order valence-corrected chi connectivity index (χ0v) is 21.6. The minimum Gasteiger partial charge on any atom is -0.508 e. The average molecular weight is 518 g/mol. The maximum absolute atomic E-state index is 13.0. The molecule has 0 aliphatic carbocycles. The highest BCUT2D eigenvalue weighted by atomic mass is 16.5. The highest BCUT2D eigenvalue weighted by Gasteiger charge is 2.23. The number of amides is 2. The minimum atomic E-state index is -0.490. The Morgan fingerprint density at radius 2 is 1.74 bits per heavy atom. The maximum atomic E-state index is 13.0. The molecule has 1 atom stereocenters. The number of carbonyl (C=O) groups excluding carboxylic acids is 2. The summed E-state index contributed by atoms with van der Waals surface area (Å²) in [4.78, 5) is 26.6. The molecular weight excluding hydrogens is 482 g/mol. The van der Waals surface area contributed by atoms with Gasteiger partial charge >= 0.3 is 6.09 Å². The van der Waals surface area contributed by atoms with Crippen LogP contribution in [0.25, 0.3) is 0 Å². The zero-order chi connectivity index (χ0) is 26.7. The van der Waals surface area contributed by atoms with E-state index in [4.69, 9.17) is 9.47 Å². The van der Waals surface area contributed by atoms with Crippen LogP contribution >= 0.6 is 0 Å². The lowest BCUT2D eigenvalue weighted by Crippen LogP contribution is -2.38. The number of ether oxygens (including phenoxy) is 2. The Morgan fingerprint density at radius 1 is 1.00 bits per heavy atom. The van der Waals surface area contributed by atoms with Crippen LogP contribution in [0.5, 0.6) is 11.5 Å². The van der Waals surface area contributed by atoms with E-state index in [1.165, 1.54) is 7.05 Å². The molecule has 4 rings (SSSR count). The van der Waals surface area contributed by atoms with Crippen LogP contribution in [0.1, 0.15) is 42.4 Å². The van der Waals surface area contributed by atoms with E-state index in [0.29, 0.717) is 36.1 Å². The fourth-order valence-electron chi connectivity index (χ4n) is 4.71. The van der Waals surface area contributed by atoms with Crippen LogP contribution in [0, 0.1) is 0 Å². The molecule has 1 aliphatic heterocycles. The highest BCUT2D eigenvalue weighted by molar-refractivity contribution is 5.93. The number of piperidine rings is 1. The van der Waals surface area contributed by atoms with Gasteiger partial charge in [-0.2, -0.15) is 0 Å². The normalized spacial score (nSPS) is 14.9. The number of benzene rings is 3. The Bertz CT molecular complexity index is 1200. The second-order valence-corrected chi connectivity index (χ2v) is 9.38. The summed E-state index contributed by atoms with van der Waals surface area (Å²) in [5.74, 6) is 1.13. The van der Waals surface area contributed by atoms with Crippen LogP contribution in [0.15, 0.2) is 78.9 Å². The van der Waals surface area contributed by atoms with Crippen LogP contribution in [0.4, 0.5) is 10.5 Å². The summed E-state index contributed by atoms with van der Waals surface area (Å²) in [6.45, 7) is 2.11. The van der Waals surface area contributed by atoms with Crippen molar-refractivity contribution < 1.29 is 24.2 Å². The number of hydrogen-bond acceptors (Lipinski definition) is 6. The van der Waals surface area contributed by atoms with Crippen LogP contribution in [0.3, 0.4) is 0 Å².